The number of rotatable bonds is 15. The highest BCUT2D eigenvalue weighted by molar-refractivity contribution is 7.91. The number of ether oxygens (including phenoxy) is 3. The first-order valence-corrected chi connectivity index (χ1v) is 15.1. The van der Waals surface area contributed by atoms with E-state index in [1.165, 1.54) is 6.20 Å². The van der Waals surface area contributed by atoms with E-state index in [1.54, 1.807) is 36.4 Å². The Morgan fingerprint density at radius 3 is 2.37 bits per heavy atom. The zero-order chi connectivity index (χ0) is 31.0. The van der Waals surface area contributed by atoms with Gasteiger partial charge in [0.2, 0.25) is 15.4 Å². The number of aromatic nitrogens is 3. The van der Waals surface area contributed by atoms with Crippen molar-refractivity contribution in [3.63, 3.8) is 0 Å². The van der Waals surface area contributed by atoms with E-state index in [9.17, 15) is 27.9 Å². The summed E-state index contributed by atoms with van der Waals surface area (Å²) >= 11 is 7.02. The highest BCUT2D eigenvalue weighted by Crippen LogP contribution is 2.34. The number of nitrogens with one attached hydrogen (secondary N) is 3. The molecule has 2 amide bonds. The molecule has 0 aliphatic heterocycles. The Bertz CT molecular complexity index is 1720. The van der Waals surface area contributed by atoms with Gasteiger partial charge in [0, 0.05) is 22.7 Å². The van der Waals surface area contributed by atoms with Crippen LogP contribution in [0.3, 0.4) is 0 Å². The minimum absolute atomic E-state index is 0.0311. The lowest BCUT2D eigenvalue weighted by molar-refractivity contribution is -0.127. The van der Waals surface area contributed by atoms with Crippen molar-refractivity contribution < 1.29 is 42.1 Å². The largest absolute Gasteiger partial charge is 0.492 e. The number of carbonyl (C=O) groups excluding carboxylic acids is 2. The van der Waals surface area contributed by atoms with Crippen LogP contribution in [-0.4, -0.2) is 86.1 Å². The summed E-state index contributed by atoms with van der Waals surface area (Å²) in [6, 6.07) is 10.5. The number of primary sulfonamides is 1. The Kier molecular flexibility index (Phi) is 10.6. The minimum atomic E-state index is -4.00. The molecule has 0 bridgehead atoms. The molecule has 15 nitrogen and oxygen atoms in total. The van der Waals surface area contributed by atoms with Crippen LogP contribution in [0.25, 0.3) is 22.0 Å². The van der Waals surface area contributed by atoms with E-state index < -0.39 is 26.2 Å². The molecule has 0 saturated heterocycles. The molecule has 2 aromatic heterocycles. The first-order valence-electron chi connectivity index (χ1n) is 12.4. The van der Waals surface area contributed by atoms with Gasteiger partial charge in [-0.3, -0.25) is 14.9 Å². The number of hydrogen-bond donors (Lipinski definition) is 5. The van der Waals surface area contributed by atoms with Crippen LogP contribution in [0.5, 0.6) is 5.75 Å². The number of halogens is 1. The summed E-state index contributed by atoms with van der Waals surface area (Å²) < 4.78 is 37.9. The topological polar surface area (TPSA) is 225 Å². The molecule has 228 valence electrons. The Morgan fingerprint density at radius 1 is 1.02 bits per heavy atom. The summed E-state index contributed by atoms with van der Waals surface area (Å²) in [6.45, 7) is -0.0534. The average molecular weight is 653 g/mol. The molecule has 0 radical (unpaired) electrons. The quantitative estimate of drug-likeness (QED) is 0.0920. The summed E-state index contributed by atoms with van der Waals surface area (Å²) in [5, 5.41) is 27.1. The van der Waals surface area contributed by atoms with E-state index in [4.69, 9.17) is 31.0 Å². The summed E-state index contributed by atoms with van der Waals surface area (Å²) in [5.41, 5.74) is 2.24. The standard InChI is InChI=1S/C25H25ClN6O9S2/c26-19-10-20-17(18(11-29-20)23(35)36)9-16(19)14-1-3-15(4-2-14)41-6-5-28-21(33)12-39-7-8-40-13-22(34)30-24-31-32-25(42-24)43(27,37)38/h1-4,9-11,29H,5-8,12-13H2,(H,28,33)(H,35,36)(H2,27,37,38)(H,30,31,34). The molecule has 43 heavy (non-hydrogen) atoms. The molecule has 18 heteroatoms. The van der Waals surface area contributed by atoms with Crippen molar-refractivity contribution in [1.82, 2.24) is 20.5 Å². The van der Waals surface area contributed by atoms with Crippen LogP contribution in [0.2, 0.25) is 5.02 Å². The fraction of sp³-hybridized carbons (Fsp3) is 0.240. The van der Waals surface area contributed by atoms with Gasteiger partial charge >= 0.3 is 5.97 Å². The van der Waals surface area contributed by atoms with Crippen LogP contribution >= 0.6 is 22.9 Å². The van der Waals surface area contributed by atoms with Gasteiger partial charge in [-0.2, -0.15) is 0 Å². The van der Waals surface area contributed by atoms with Crippen LogP contribution in [0, 0.1) is 0 Å². The van der Waals surface area contributed by atoms with Crippen molar-refractivity contribution in [1.29, 1.82) is 0 Å². The van der Waals surface area contributed by atoms with Gasteiger partial charge < -0.3 is 29.6 Å². The number of carboxylic acid groups (broad SMARTS) is 1. The molecule has 0 unspecified atom stereocenters. The number of amides is 2. The Hall–Kier alpha value is -4.13. The van der Waals surface area contributed by atoms with Crippen LogP contribution in [0.4, 0.5) is 5.13 Å². The molecule has 0 atom stereocenters. The lowest BCUT2D eigenvalue weighted by Crippen LogP contribution is -2.31. The predicted octanol–water partition coefficient (Wildman–Crippen LogP) is 1.85. The van der Waals surface area contributed by atoms with E-state index in [0.717, 1.165) is 5.56 Å². The number of carboxylic acids is 1. The van der Waals surface area contributed by atoms with Crippen molar-refractivity contribution in [2.24, 2.45) is 5.14 Å². The highest BCUT2D eigenvalue weighted by atomic mass is 35.5. The maximum Gasteiger partial charge on any atom is 0.337 e. The minimum Gasteiger partial charge on any atom is -0.492 e. The summed E-state index contributed by atoms with van der Waals surface area (Å²) in [6.07, 6.45) is 1.43. The number of nitrogens with two attached hydrogens (primary N) is 1. The van der Waals surface area contributed by atoms with Gasteiger partial charge in [-0.25, -0.2) is 18.4 Å². The second kappa shape index (κ2) is 14.4. The fourth-order valence-electron chi connectivity index (χ4n) is 3.66. The van der Waals surface area contributed by atoms with Crippen LogP contribution in [0.15, 0.2) is 46.9 Å². The molecule has 6 N–H and O–H groups in total. The van der Waals surface area contributed by atoms with Crippen molar-refractivity contribution in [3.8, 4) is 16.9 Å². The highest BCUT2D eigenvalue weighted by Gasteiger charge is 2.17. The third-order valence-electron chi connectivity index (χ3n) is 5.59. The summed E-state index contributed by atoms with van der Waals surface area (Å²) in [7, 11) is -4.00. The number of carbonyl (C=O) groups is 3. The first kappa shape index (κ1) is 31.8. The number of anilines is 1. The number of H-pyrrole nitrogens is 1. The van der Waals surface area contributed by atoms with Gasteiger partial charge in [-0.1, -0.05) is 35.1 Å². The number of benzene rings is 2. The molecule has 0 aliphatic rings. The molecule has 4 rings (SSSR count). The Labute approximate surface area is 253 Å². The van der Waals surface area contributed by atoms with Gasteiger partial charge in [0.1, 0.15) is 25.6 Å². The van der Waals surface area contributed by atoms with Crippen LogP contribution in [0.1, 0.15) is 10.4 Å². The van der Waals surface area contributed by atoms with Crippen molar-refractivity contribution >= 4 is 66.8 Å². The monoisotopic (exact) mass is 652 g/mol. The van der Waals surface area contributed by atoms with Crippen LogP contribution < -0.4 is 20.5 Å². The summed E-state index contributed by atoms with van der Waals surface area (Å²) in [5.74, 6) is -1.42. The van der Waals surface area contributed by atoms with Crippen molar-refractivity contribution in [2.75, 3.05) is 44.9 Å². The molecule has 0 fully saturated rings. The molecular weight excluding hydrogens is 628 g/mol. The zero-order valence-corrected chi connectivity index (χ0v) is 24.6. The number of fused-ring (bicyclic) bond motifs is 1. The maximum atomic E-state index is 11.9. The van der Waals surface area contributed by atoms with Crippen LogP contribution in [-0.2, 0) is 29.1 Å². The normalized spacial score (nSPS) is 11.4. The maximum absolute atomic E-state index is 11.9. The molecule has 2 aromatic carbocycles. The number of aromatic carboxylic acids is 1. The van der Waals surface area contributed by atoms with Gasteiger partial charge in [-0.15, -0.1) is 10.2 Å². The van der Waals surface area contributed by atoms with E-state index >= 15 is 0 Å². The van der Waals surface area contributed by atoms with E-state index in [2.05, 4.69) is 25.8 Å². The first-order chi connectivity index (χ1) is 20.5. The molecule has 2 heterocycles. The summed E-state index contributed by atoms with van der Waals surface area (Å²) in [4.78, 5) is 38.1. The Morgan fingerprint density at radius 2 is 1.72 bits per heavy atom. The second-order valence-corrected chi connectivity index (χ2v) is 11.8. The number of aromatic amines is 1. The smallest absolute Gasteiger partial charge is 0.337 e. The van der Waals surface area contributed by atoms with Crippen molar-refractivity contribution in [2.45, 2.75) is 4.34 Å². The SMILES string of the molecule is NS(=O)(=O)c1nnc(NC(=O)COCCOCC(=O)NCCOc2ccc(-c3cc4c(C(=O)O)c[nH]c4cc3Cl)cc2)s1. The van der Waals surface area contributed by atoms with Gasteiger partial charge in [0.25, 0.3) is 15.9 Å². The van der Waals surface area contributed by atoms with Gasteiger partial charge in [0.05, 0.1) is 30.3 Å². The fourth-order valence-corrected chi connectivity index (χ4v) is 5.28. The Balaban J connectivity index is 1.09. The average Bonchev–Trinajstić information content (AvgIpc) is 3.60. The van der Waals surface area contributed by atoms with Gasteiger partial charge in [-0.05, 0) is 29.8 Å². The number of hydrogen-bond acceptors (Lipinski definition) is 11. The molecule has 0 saturated carbocycles. The van der Waals surface area contributed by atoms with E-state index in [1.807, 2.05) is 0 Å². The van der Waals surface area contributed by atoms with E-state index in [-0.39, 0.29) is 56.2 Å². The van der Waals surface area contributed by atoms with E-state index in [0.29, 0.717) is 38.6 Å². The van der Waals surface area contributed by atoms with Gasteiger partial charge in [0.15, 0.2) is 0 Å². The molecular formula is C25H25ClN6O9S2. The lowest BCUT2D eigenvalue weighted by Gasteiger charge is -2.10. The third-order valence-corrected chi connectivity index (χ3v) is 8.05. The second-order valence-electron chi connectivity index (χ2n) is 8.68. The van der Waals surface area contributed by atoms with Crippen molar-refractivity contribution in [3.05, 3.63) is 53.2 Å². The molecule has 0 aliphatic carbocycles. The zero-order valence-electron chi connectivity index (χ0n) is 22.2. The predicted molar refractivity (Wildman–Crippen MR) is 156 cm³/mol. The third kappa shape index (κ3) is 8.93. The molecule has 0 spiro atoms. The number of sulfonamides is 1. The number of nitrogens with zero attached hydrogens (tertiary/aromatic N) is 2. The molecule has 4 aromatic rings. The lowest BCUT2D eigenvalue weighted by atomic mass is 10.0.